The van der Waals surface area contributed by atoms with E-state index in [2.05, 4.69) is 15.3 Å². The van der Waals surface area contributed by atoms with Crippen LogP contribution >= 0.6 is 0 Å². The summed E-state index contributed by atoms with van der Waals surface area (Å²) in [6.07, 6.45) is 0.826. The van der Waals surface area contributed by atoms with Gasteiger partial charge >= 0.3 is 0 Å². The number of hydrogen-bond donors (Lipinski definition) is 2. The highest BCUT2D eigenvalue weighted by molar-refractivity contribution is 7.89. The van der Waals surface area contributed by atoms with E-state index >= 15 is 0 Å². The van der Waals surface area contributed by atoms with Gasteiger partial charge in [-0.25, -0.2) is 18.2 Å². The highest BCUT2D eigenvalue weighted by atomic mass is 32.2. The molecule has 2 heterocycles. The second-order valence-corrected chi connectivity index (χ2v) is 9.72. The maximum absolute atomic E-state index is 12.9. The van der Waals surface area contributed by atoms with Crippen LogP contribution in [0, 0.1) is 0 Å². The topological polar surface area (TPSA) is 129 Å². The van der Waals surface area contributed by atoms with Crippen molar-refractivity contribution in [2.24, 2.45) is 5.14 Å². The minimum atomic E-state index is -3.82. The Balaban J connectivity index is 1.54. The van der Waals surface area contributed by atoms with Gasteiger partial charge in [0.1, 0.15) is 5.75 Å². The Morgan fingerprint density at radius 3 is 2.43 bits per heavy atom. The number of primary sulfonamides is 1. The molecule has 2 aromatic carbocycles. The van der Waals surface area contributed by atoms with Crippen LogP contribution in [0.1, 0.15) is 16.9 Å². The number of carbonyl (C=O) groups excluding carboxylic acids is 1. The molecule has 35 heavy (non-hydrogen) atoms. The van der Waals surface area contributed by atoms with Gasteiger partial charge in [0.25, 0.3) is 5.91 Å². The number of morpholine rings is 1. The summed E-state index contributed by atoms with van der Waals surface area (Å²) in [5.41, 5.74) is 2.35. The van der Waals surface area contributed by atoms with E-state index in [0.717, 1.165) is 44.8 Å². The van der Waals surface area contributed by atoms with Crippen molar-refractivity contribution in [3.8, 4) is 22.7 Å². The summed E-state index contributed by atoms with van der Waals surface area (Å²) in [6.45, 7) is 4.74. The molecule has 0 radical (unpaired) electrons. The summed E-state index contributed by atoms with van der Waals surface area (Å²) in [5.74, 6) is 0.428. The lowest BCUT2D eigenvalue weighted by Gasteiger charge is -2.26. The predicted octanol–water partition coefficient (Wildman–Crippen LogP) is 1.65. The van der Waals surface area contributed by atoms with Gasteiger partial charge in [-0.2, -0.15) is 5.10 Å². The molecule has 3 N–H and O–H groups in total. The molecule has 1 aliphatic heterocycles. The molecular weight excluding hydrogens is 470 g/mol. The van der Waals surface area contributed by atoms with Crippen LogP contribution in [0.4, 0.5) is 0 Å². The normalized spacial score (nSPS) is 14.6. The van der Waals surface area contributed by atoms with Crippen LogP contribution in [0.15, 0.2) is 59.5 Å². The van der Waals surface area contributed by atoms with Crippen LogP contribution in [0.2, 0.25) is 0 Å². The quantitative estimate of drug-likeness (QED) is 0.428. The third-order valence-corrected chi connectivity index (χ3v) is 6.71. The molecule has 3 aromatic rings. The first kappa shape index (κ1) is 24.9. The molecule has 1 aliphatic rings. The van der Waals surface area contributed by atoms with E-state index in [4.69, 9.17) is 14.6 Å². The number of ether oxygens (including phenoxy) is 2. The number of nitrogens with one attached hydrogen (secondary N) is 1. The Bertz CT molecular complexity index is 1250. The van der Waals surface area contributed by atoms with Crippen molar-refractivity contribution < 1.29 is 22.7 Å². The van der Waals surface area contributed by atoms with Crippen LogP contribution in [0.3, 0.4) is 0 Å². The number of aromatic nitrogens is 2. The molecule has 1 fully saturated rings. The van der Waals surface area contributed by atoms with Gasteiger partial charge in [0.2, 0.25) is 10.0 Å². The van der Waals surface area contributed by atoms with Crippen molar-refractivity contribution in [2.75, 3.05) is 46.5 Å². The number of nitrogens with zero attached hydrogens (tertiary/aromatic N) is 3. The summed E-state index contributed by atoms with van der Waals surface area (Å²) in [7, 11) is -2.23. The molecule has 10 nitrogen and oxygen atoms in total. The molecule has 4 rings (SSSR count). The van der Waals surface area contributed by atoms with Gasteiger partial charge in [0.05, 0.1) is 36.6 Å². The number of rotatable bonds is 9. The number of amides is 1. The van der Waals surface area contributed by atoms with Gasteiger partial charge in [-0.05, 0) is 67.6 Å². The third-order valence-electron chi connectivity index (χ3n) is 5.78. The lowest BCUT2D eigenvalue weighted by atomic mass is 10.1. The molecule has 0 unspecified atom stereocenters. The lowest BCUT2D eigenvalue weighted by molar-refractivity contribution is 0.0374. The fourth-order valence-corrected chi connectivity index (χ4v) is 4.37. The van der Waals surface area contributed by atoms with E-state index in [0.29, 0.717) is 23.7 Å². The Morgan fingerprint density at radius 2 is 1.80 bits per heavy atom. The number of methoxy groups -OCH3 is 1. The average molecular weight is 500 g/mol. The third kappa shape index (κ3) is 6.25. The number of benzene rings is 2. The van der Waals surface area contributed by atoms with Crippen molar-refractivity contribution in [1.82, 2.24) is 20.0 Å². The zero-order valence-electron chi connectivity index (χ0n) is 19.5. The SMILES string of the molecule is COc1ccc(-c2cc(C(=O)NCCCN3CCOCC3)nn2-c2ccc(S(N)(=O)=O)cc2)cc1. The van der Waals surface area contributed by atoms with E-state index in [1.165, 1.54) is 12.1 Å². The van der Waals surface area contributed by atoms with Crippen molar-refractivity contribution in [2.45, 2.75) is 11.3 Å². The van der Waals surface area contributed by atoms with Gasteiger partial charge in [-0.3, -0.25) is 9.69 Å². The first-order chi connectivity index (χ1) is 16.8. The fraction of sp³-hybridized carbons (Fsp3) is 0.333. The molecule has 0 bridgehead atoms. The minimum Gasteiger partial charge on any atom is -0.497 e. The predicted molar refractivity (Wildman–Crippen MR) is 131 cm³/mol. The van der Waals surface area contributed by atoms with Crippen LogP contribution in [0.5, 0.6) is 5.75 Å². The number of hydrogen-bond acceptors (Lipinski definition) is 7. The number of sulfonamides is 1. The van der Waals surface area contributed by atoms with Crippen LogP contribution in [-0.4, -0.2) is 75.5 Å². The number of carbonyl (C=O) groups is 1. The Labute approximate surface area is 204 Å². The second-order valence-electron chi connectivity index (χ2n) is 8.16. The summed E-state index contributed by atoms with van der Waals surface area (Å²) in [4.78, 5) is 15.2. The van der Waals surface area contributed by atoms with Crippen molar-refractivity contribution in [1.29, 1.82) is 0 Å². The van der Waals surface area contributed by atoms with Crippen LogP contribution < -0.4 is 15.2 Å². The zero-order chi connectivity index (χ0) is 24.8. The molecule has 11 heteroatoms. The van der Waals surface area contributed by atoms with Crippen molar-refractivity contribution in [3.05, 3.63) is 60.3 Å². The molecule has 1 amide bonds. The molecule has 0 spiro atoms. The van der Waals surface area contributed by atoms with Gasteiger partial charge in [0.15, 0.2) is 5.69 Å². The lowest BCUT2D eigenvalue weighted by Crippen LogP contribution is -2.38. The van der Waals surface area contributed by atoms with E-state index in [-0.39, 0.29) is 16.5 Å². The van der Waals surface area contributed by atoms with E-state index in [9.17, 15) is 13.2 Å². The largest absolute Gasteiger partial charge is 0.497 e. The Morgan fingerprint density at radius 1 is 1.11 bits per heavy atom. The minimum absolute atomic E-state index is 0.00219. The standard InChI is InChI=1S/C24H29N5O5S/c1-33-20-7-3-18(4-8-20)23-17-22(24(30)26-11-2-12-28-13-15-34-16-14-28)27-29(23)19-5-9-21(10-6-19)35(25,31)32/h3-10,17H,2,11-16H2,1H3,(H,26,30)(H2,25,31,32). The molecule has 0 aliphatic carbocycles. The Kier molecular flexibility index (Phi) is 7.81. The maximum atomic E-state index is 12.9. The van der Waals surface area contributed by atoms with Crippen molar-refractivity contribution >= 4 is 15.9 Å². The second kappa shape index (κ2) is 11.0. The zero-order valence-corrected chi connectivity index (χ0v) is 20.3. The van der Waals surface area contributed by atoms with E-state index < -0.39 is 10.0 Å². The van der Waals surface area contributed by atoms with Gasteiger partial charge < -0.3 is 14.8 Å². The van der Waals surface area contributed by atoms with Gasteiger partial charge in [-0.15, -0.1) is 0 Å². The van der Waals surface area contributed by atoms with Gasteiger partial charge in [0, 0.05) is 25.2 Å². The van der Waals surface area contributed by atoms with Crippen molar-refractivity contribution in [3.63, 3.8) is 0 Å². The summed E-state index contributed by atoms with van der Waals surface area (Å²) in [5, 5.41) is 12.7. The average Bonchev–Trinajstić information content (AvgIpc) is 3.32. The maximum Gasteiger partial charge on any atom is 0.271 e. The first-order valence-corrected chi connectivity index (χ1v) is 12.9. The molecule has 1 aromatic heterocycles. The molecule has 186 valence electrons. The molecule has 0 saturated carbocycles. The molecule has 1 saturated heterocycles. The highest BCUT2D eigenvalue weighted by Crippen LogP contribution is 2.26. The first-order valence-electron chi connectivity index (χ1n) is 11.3. The fourth-order valence-electron chi connectivity index (χ4n) is 3.85. The van der Waals surface area contributed by atoms with Crippen LogP contribution in [0.25, 0.3) is 16.9 Å². The summed E-state index contributed by atoms with van der Waals surface area (Å²) >= 11 is 0. The van der Waals surface area contributed by atoms with E-state index in [1.54, 1.807) is 30.0 Å². The molecular formula is C24H29N5O5S. The monoisotopic (exact) mass is 499 g/mol. The smallest absolute Gasteiger partial charge is 0.271 e. The summed E-state index contributed by atoms with van der Waals surface area (Å²) in [6, 6.07) is 15.1. The molecule has 0 atom stereocenters. The highest BCUT2D eigenvalue weighted by Gasteiger charge is 2.18. The van der Waals surface area contributed by atoms with Gasteiger partial charge in [-0.1, -0.05) is 0 Å². The van der Waals surface area contributed by atoms with Crippen LogP contribution in [-0.2, 0) is 14.8 Å². The number of nitrogens with two attached hydrogens (primary N) is 1. The summed E-state index contributed by atoms with van der Waals surface area (Å²) < 4.78 is 35.5. The Hall–Kier alpha value is -3.25. The van der Waals surface area contributed by atoms with E-state index in [1.807, 2.05) is 24.3 Å².